The van der Waals surface area contributed by atoms with E-state index in [0.29, 0.717) is 22.2 Å². The molecular formula is C15H12BrCl2F2N. The van der Waals surface area contributed by atoms with E-state index in [4.69, 9.17) is 23.2 Å². The number of hydrogen-bond donors (Lipinski definition) is 1. The van der Waals surface area contributed by atoms with Crippen molar-refractivity contribution < 1.29 is 8.78 Å². The molecule has 0 heterocycles. The molecule has 1 unspecified atom stereocenters. The summed E-state index contributed by atoms with van der Waals surface area (Å²) in [5, 5.41) is 3.74. The summed E-state index contributed by atoms with van der Waals surface area (Å²) in [6.07, 6.45) is 0. The van der Waals surface area contributed by atoms with E-state index in [1.807, 2.05) is 6.92 Å². The molecule has 0 aliphatic heterocycles. The van der Waals surface area contributed by atoms with Crippen molar-refractivity contribution in [1.29, 1.82) is 0 Å². The van der Waals surface area contributed by atoms with Crippen LogP contribution in [-0.4, -0.2) is 6.54 Å². The Morgan fingerprint density at radius 3 is 2.29 bits per heavy atom. The van der Waals surface area contributed by atoms with Crippen LogP contribution >= 0.6 is 39.1 Å². The van der Waals surface area contributed by atoms with E-state index in [1.165, 1.54) is 12.1 Å². The van der Waals surface area contributed by atoms with Gasteiger partial charge in [-0.2, -0.15) is 0 Å². The van der Waals surface area contributed by atoms with E-state index in [2.05, 4.69) is 21.2 Å². The second-order valence-electron chi connectivity index (χ2n) is 4.38. The first-order chi connectivity index (χ1) is 9.97. The van der Waals surface area contributed by atoms with Gasteiger partial charge in [0.1, 0.15) is 11.6 Å². The Morgan fingerprint density at radius 2 is 1.71 bits per heavy atom. The van der Waals surface area contributed by atoms with Gasteiger partial charge in [0.15, 0.2) is 0 Å². The molecule has 0 saturated carbocycles. The minimum Gasteiger partial charge on any atom is -0.306 e. The van der Waals surface area contributed by atoms with E-state index in [0.717, 1.165) is 0 Å². The lowest BCUT2D eigenvalue weighted by Crippen LogP contribution is -2.25. The third-order valence-corrected chi connectivity index (χ3v) is 4.34. The SMILES string of the molecule is CCNC(c1c(Cl)cccc1Cl)c1c(F)ccc(Br)c1F. The van der Waals surface area contributed by atoms with E-state index in [9.17, 15) is 8.78 Å². The second-order valence-corrected chi connectivity index (χ2v) is 6.05. The molecule has 0 aliphatic rings. The summed E-state index contributed by atoms with van der Waals surface area (Å²) in [5.41, 5.74) is 0.347. The van der Waals surface area contributed by atoms with Crippen LogP contribution in [0.1, 0.15) is 24.1 Å². The van der Waals surface area contributed by atoms with Gasteiger partial charge in [0.2, 0.25) is 0 Å². The summed E-state index contributed by atoms with van der Waals surface area (Å²) in [6, 6.07) is 6.73. The third-order valence-electron chi connectivity index (χ3n) is 3.06. The molecule has 2 aromatic carbocycles. The molecule has 0 spiro atoms. The quantitative estimate of drug-likeness (QED) is 0.652. The number of halogens is 5. The van der Waals surface area contributed by atoms with Crippen molar-refractivity contribution in [2.24, 2.45) is 0 Å². The Morgan fingerprint density at radius 1 is 1.10 bits per heavy atom. The maximum Gasteiger partial charge on any atom is 0.145 e. The highest BCUT2D eigenvalue weighted by molar-refractivity contribution is 9.10. The maximum absolute atomic E-state index is 14.4. The molecule has 1 N–H and O–H groups in total. The Bertz CT molecular complexity index is 644. The highest BCUT2D eigenvalue weighted by Crippen LogP contribution is 2.37. The van der Waals surface area contributed by atoms with Crippen LogP contribution in [0, 0.1) is 11.6 Å². The van der Waals surface area contributed by atoms with Gasteiger partial charge in [-0.05, 0) is 46.7 Å². The fraction of sp³-hybridized carbons (Fsp3) is 0.200. The minimum absolute atomic E-state index is 0.110. The number of hydrogen-bond acceptors (Lipinski definition) is 1. The van der Waals surface area contributed by atoms with Crippen LogP contribution in [0.15, 0.2) is 34.8 Å². The van der Waals surface area contributed by atoms with Crippen LogP contribution in [0.25, 0.3) is 0 Å². The van der Waals surface area contributed by atoms with Crippen LogP contribution in [0.5, 0.6) is 0 Å². The first kappa shape index (κ1) is 16.7. The molecule has 0 radical (unpaired) electrons. The first-order valence-corrected chi connectivity index (χ1v) is 7.83. The van der Waals surface area contributed by atoms with Gasteiger partial charge in [-0.25, -0.2) is 8.78 Å². The van der Waals surface area contributed by atoms with Gasteiger partial charge in [-0.3, -0.25) is 0 Å². The van der Waals surface area contributed by atoms with Crippen molar-refractivity contribution in [3.63, 3.8) is 0 Å². The fourth-order valence-electron chi connectivity index (χ4n) is 2.15. The molecule has 1 nitrogen and oxygen atoms in total. The third kappa shape index (κ3) is 3.39. The van der Waals surface area contributed by atoms with Gasteiger partial charge in [-0.15, -0.1) is 0 Å². The molecule has 2 rings (SSSR count). The number of rotatable bonds is 4. The standard InChI is InChI=1S/C15H12BrCl2F2N/c1-2-21-15(12-9(17)4-3-5-10(12)18)13-11(19)7-6-8(16)14(13)20/h3-7,15,21H,2H2,1H3. The average Bonchev–Trinajstić information content (AvgIpc) is 2.43. The van der Waals surface area contributed by atoms with Crippen molar-refractivity contribution in [1.82, 2.24) is 5.32 Å². The van der Waals surface area contributed by atoms with Crippen LogP contribution in [-0.2, 0) is 0 Å². The lowest BCUT2D eigenvalue weighted by Gasteiger charge is -2.22. The van der Waals surface area contributed by atoms with Crippen LogP contribution < -0.4 is 5.32 Å². The summed E-state index contributed by atoms with van der Waals surface area (Å²) in [6.45, 7) is 2.34. The summed E-state index contributed by atoms with van der Waals surface area (Å²) in [5.74, 6) is -1.32. The molecule has 0 bridgehead atoms. The molecule has 112 valence electrons. The fourth-order valence-corrected chi connectivity index (χ4v) is 3.11. The molecule has 0 fully saturated rings. The van der Waals surface area contributed by atoms with Gasteiger partial charge in [0.25, 0.3) is 0 Å². The van der Waals surface area contributed by atoms with E-state index >= 15 is 0 Å². The molecule has 0 aromatic heterocycles. The molecular weight excluding hydrogens is 383 g/mol. The number of benzene rings is 2. The number of nitrogens with one attached hydrogen (secondary N) is 1. The molecule has 21 heavy (non-hydrogen) atoms. The zero-order valence-electron chi connectivity index (χ0n) is 11.1. The smallest absolute Gasteiger partial charge is 0.145 e. The Hall–Kier alpha value is -0.680. The summed E-state index contributed by atoms with van der Waals surface area (Å²) in [7, 11) is 0. The largest absolute Gasteiger partial charge is 0.306 e. The van der Waals surface area contributed by atoms with Gasteiger partial charge in [0.05, 0.1) is 10.5 Å². The Labute approximate surface area is 140 Å². The van der Waals surface area contributed by atoms with Crippen LogP contribution in [0.2, 0.25) is 10.0 Å². The van der Waals surface area contributed by atoms with Crippen molar-refractivity contribution >= 4 is 39.1 Å². The lowest BCUT2D eigenvalue weighted by atomic mass is 9.97. The second kappa shape index (κ2) is 7.05. The molecule has 0 saturated heterocycles. The Kier molecular flexibility index (Phi) is 5.60. The molecule has 6 heteroatoms. The highest BCUT2D eigenvalue weighted by Gasteiger charge is 2.26. The predicted octanol–water partition coefficient (Wildman–Crippen LogP) is 5.73. The van der Waals surface area contributed by atoms with Gasteiger partial charge in [-0.1, -0.05) is 36.2 Å². The van der Waals surface area contributed by atoms with Gasteiger partial charge in [0, 0.05) is 21.2 Å². The van der Waals surface area contributed by atoms with Gasteiger partial charge >= 0.3 is 0 Å². The van der Waals surface area contributed by atoms with Crippen molar-refractivity contribution in [2.75, 3.05) is 6.54 Å². The molecule has 0 aliphatic carbocycles. The van der Waals surface area contributed by atoms with Crippen molar-refractivity contribution in [2.45, 2.75) is 13.0 Å². The van der Waals surface area contributed by atoms with Crippen molar-refractivity contribution in [3.05, 3.63) is 67.6 Å². The lowest BCUT2D eigenvalue weighted by molar-refractivity contribution is 0.507. The van der Waals surface area contributed by atoms with E-state index in [1.54, 1.807) is 18.2 Å². The van der Waals surface area contributed by atoms with Crippen molar-refractivity contribution in [3.8, 4) is 0 Å². The molecule has 1 atom stereocenters. The zero-order valence-corrected chi connectivity index (χ0v) is 14.2. The normalized spacial score (nSPS) is 12.5. The van der Waals surface area contributed by atoms with Crippen LogP contribution in [0.4, 0.5) is 8.78 Å². The van der Waals surface area contributed by atoms with E-state index in [-0.39, 0.29) is 10.0 Å². The van der Waals surface area contributed by atoms with Gasteiger partial charge < -0.3 is 5.32 Å². The summed E-state index contributed by atoms with van der Waals surface area (Å²) in [4.78, 5) is 0. The monoisotopic (exact) mass is 393 g/mol. The molecule has 2 aromatic rings. The average molecular weight is 395 g/mol. The zero-order chi connectivity index (χ0) is 15.6. The highest BCUT2D eigenvalue weighted by atomic mass is 79.9. The predicted molar refractivity (Wildman–Crippen MR) is 86.0 cm³/mol. The first-order valence-electron chi connectivity index (χ1n) is 6.28. The summed E-state index contributed by atoms with van der Waals surface area (Å²) < 4.78 is 28.7. The minimum atomic E-state index is -0.770. The maximum atomic E-state index is 14.4. The topological polar surface area (TPSA) is 12.0 Å². The van der Waals surface area contributed by atoms with Crippen LogP contribution in [0.3, 0.4) is 0 Å². The molecule has 0 amide bonds. The Balaban J connectivity index is 2.68. The van der Waals surface area contributed by atoms with E-state index < -0.39 is 17.7 Å². The summed E-state index contributed by atoms with van der Waals surface area (Å²) >= 11 is 15.4.